The lowest BCUT2D eigenvalue weighted by molar-refractivity contribution is 0.0696. The number of carbonyl (C=O) groups is 1. The summed E-state index contributed by atoms with van der Waals surface area (Å²) >= 11 is 4.46. The van der Waals surface area contributed by atoms with Crippen LogP contribution in [0.4, 0.5) is 0 Å². The van der Waals surface area contributed by atoms with Crippen LogP contribution in [0.2, 0.25) is 0 Å². The van der Waals surface area contributed by atoms with Crippen LogP contribution in [0.1, 0.15) is 15.9 Å². The number of aliphatic hydroxyl groups excluding tert-OH is 1. The smallest absolute Gasteiger partial charge is 0.336 e. The standard InChI is InChI=1S/C8H6O3S/c9-7(10)5-3-1-2-4-6(5)8(11)12/h1-4H,(H,9,10)(H,11,12). The number of rotatable bonds is 2. The summed E-state index contributed by atoms with van der Waals surface area (Å²) in [6.45, 7) is 0. The summed E-state index contributed by atoms with van der Waals surface area (Å²) in [5.74, 6) is -1.10. The summed E-state index contributed by atoms with van der Waals surface area (Å²) in [6.07, 6.45) is 0. The van der Waals surface area contributed by atoms with Crippen LogP contribution in [0.3, 0.4) is 0 Å². The highest BCUT2D eigenvalue weighted by atomic mass is 32.1. The maximum atomic E-state index is 10.6. The lowest BCUT2D eigenvalue weighted by atomic mass is 10.1. The zero-order chi connectivity index (χ0) is 9.14. The first-order chi connectivity index (χ1) is 5.63. The zero-order valence-corrected chi connectivity index (χ0v) is 6.84. The molecule has 0 aliphatic heterocycles. The molecule has 0 unspecified atom stereocenters. The Balaban J connectivity index is 3.27. The Morgan fingerprint density at radius 1 is 1.17 bits per heavy atom. The number of carboxylic acid groups (broad SMARTS) is 1. The van der Waals surface area contributed by atoms with Crippen LogP contribution in [-0.2, 0) is 0 Å². The van der Waals surface area contributed by atoms with Gasteiger partial charge in [-0.2, -0.15) is 0 Å². The topological polar surface area (TPSA) is 57.5 Å². The van der Waals surface area contributed by atoms with Gasteiger partial charge in [0.25, 0.3) is 0 Å². The third-order valence-electron chi connectivity index (χ3n) is 1.39. The fourth-order valence-corrected chi connectivity index (χ4v) is 1.03. The molecule has 0 aliphatic rings. The minimum absolute atomic E-state index is 0.0185. The van der Waals surface area contributed by atoms with Gasteiger partial charge in [-0.25, -0.2) is 4.79 Å². The molecule has 1 aromatic carbocycles. The first kappa shape index (κ1) is 8.67. The van der Waals surface area contributed by atoms with Gasteiger partial charge in [-0.1, -0.05) is 12.1 Å². The first-order valence-corrected chi connectivity index (χ1v) is 3.59. The molecular weight excluding hydrogens is 176 g/mol. The molecule has 4 heteroatoms. The number of hydrogen-bond donors (Lipinski definition) is 2. The van der Waals surface area contributed by atoms with E-state index in [0.29, 0.717) is 0 Å². The van der Waals surface area contributed by atoms with Gasteiger partial charge >= 0.3 is 5.97 Å². The van der Waals surface area contributed by atoms with Gasteiger partial charge in [0.05, 0.1) is 5.56 Å². The molecule has 0 saturated carbocycles. The van der Waals surface area contributed by atoms with Crippen molar-refractivity contribution < 1.29 is 15.0 Å². The van der Waals surface area contributed by atoms with E-state index in [4.69, 9.17) is 10.2 Å². The van der Waals surface area contributed by atoms with Crippen LogP contribution in [-0.4, -0.2) is 21.2 Å². The Bertz CT molecular complexity index is 300. The van der Waals surface area contributed by atoms with Gasteiger partial charge in [0.15, 0.2) is 5.05 Å². The van der Waals surface area contributed by atoms with Gasteiger partial charge < -0.3 is 10.2 Å². The highest BCUT2D eigenvalue weighted by Crippen LogP contribution is 2.08. The summed E-state index contributed by atoms with van der Waals surface area (Å²) in [5, 5.41) is 17.2. The molecule has 12 heavy (non-hydrogen) atoms. The molecule has 2 N–H and O–H groups in total. The zero-order valence-electron chi connectivity index (χ0n) is 6.02. The van der Waals surface area contributed by atoms with Crippen LogP contribution in [0, 0.1) is 0 Å². The van der Waals surface area contributed by atoms with Gasteiger partial charge in [0.1, 0.15) is 0 Å². The molecule has 0 saturated heterocycles. The van der Waals surface area contributed by atoms with Crippen molar-refractivity contribution in [3.63, 3.8) is 0 Å². The van der Waals surface area contributed by atoms with Crippen LogP contribution < -0.4 is 0 Å². The number of hydrogen-bond acceptors (Lipinski definition) is 2. The predicted octanol–water partition coefficient (Wildman–Crippen LogP) is 1.62. The monoisotopic (exact) mass is 182 g/mol. The Labute approximate surface area is 74.3 Å². The van der Waals surface area contributed by atoms with Crippen molar-refractivity contribution in [2.45, 2.75) is 0 Å². The van der Waals surface area contributed by atoms with Crippen molar-refractivity contribution in [1.29, 1.82) is 0 Å². The number of thiocarbonyl (C=S) groups is 1. The summed E-state index contributed by atoms with van der Waals surface area (Å²) in [7, 11) is 0. The van der Waals surface area contributed by atoms with Crippen LogP contribution >= 0.6 is 12.2 Å². The Kier molecular flexibility index (Phi) is 2.40. The van der Waals surface area contributed by atoms with Crippen molar-refractivity contribution in [3.05, 3.63) is 35.4 Å². The van der Waals surface area contributed by atoms with Crippen molar-refractivity contribution in [3.8, 4) is 0 Å². The van der Waals surface area contributed by atoms with Crippen LogP contribution in [0.25, 0.3) is 0 Å². The van der Waals surface area contributed by atoms with Crippen LogP contribution in [0.15, 0.2) is 24.3 Å². The Morgan fingerprint density at radius 3 is 2.00 bits per heavy atom. The van der Waals surface area contributed by atoms with Gasteiger partial charge in [0.2, 0.25) is 0 Å². The molecule has 0 bridgehead atoms. The molecule has 0 spiro atoms. The summed E-state index contributed by atoms with van der Waals surface area (Å²) < 4.78 is 0. The molecule has 0 heterocycles. The second-order valence-corrected chi connectivity index (χ2v) is 2.54. The molecule has 1 aromatic rings. The Morgan fingerprint density at radius 2 is 1.67 bits per heavy atom. The normalized spacial score (nSPS) is 9.33. The molecular formula is C8H6O3S. The van der Waals surface area contributed by atoms with Crippen molar-refractivity contribution in [2.75, 3.05) is 0 Å². The van der Waals surface area contributed by atoms with Gasteiger partial charge in [-0.05, 0) is 24.4 Å². The van der Waals surface area contributed by atoms with Crippen molar-refractivity contribution >= 4 is 23.2 Å². The second kappa shape index (κ2) is 3.32. The minimum Gasteiger partial charge on any atom is -0.499 e. The highest BCUT2D eigenvalue weighted by Gasteiger charge is 2.10. The third-order valence-corrected chi connectivity index (χ3v) is 1.61. The maximum absolute atomic E-state index is 10.6. The number of aromatic carboxylic acids is 1. The molecule has 1 rings (SSSR count). The number of carboxylic acids is 1. The lowest BCUT2D eigenvalue weighted by Crippen LogP contribution is -2.06. The average molecular weight is 182 g/mol. The first-order valence-electron chi connectivity index (χ1n) is 3.18. The van der Waals surface area contributed by atoms with Crippen molar-refractivity contribution in [2.24, 2.45) is 0 Å². The van der Waals surface area contributed by atoms with Gasteiger partial charge in [-0.15, -0.1) is 0 Å². The molecule has 0 fully saturated rings. The van der Waals surface area contributed by atoms with E-state index >= 15 is 0 Å². The van der Waals surface area contributed by atoms with E-state index < -0.39 is 11.0 Å². The lowest BCUT2D eigenvalue weighted by Gasteiger charge is -2.00. The van der Waals surface area contributed by atoms with E-state index in [2.05, 4.69) is 12.2 Å². The Hall–Kier alpha value is -1.42. The highest BCUT2D eigenvalue weighted by molar-refractivity contribution is 7.80. The molecule has 0 atom stereocenters. The quantitative estimate of drug-likeness (QED) is 0.682. The predicted molar refractivity (Wildman–Crippen MR) is 47.7 cm³/mol. The number of aliphatic hydroxyl groups is 1. The molecule has 0 aromatic heterocycles. The minimum atomic E-state index is -1.10. The van der Waals surface area contributed by atoms with Gasteiger partial charge in [0, 0.05) is 5.56 Å². The summed E-state index contributed by atoms with van der Waals surface area (Å²) in [5.41, 5.74) is 0.199. The van der Waals surface area contributed by atoms with E-state index in [1.807, 2.05) is 0 Å². The molecule has 0 radical (unpaired) electrons. The summed E-state index contributed by atoms with van der Waals surface area (Å²) in [6, 6.07) is 6.04. The molecule has 0 aliphatic carbocycles. The molecule has 62 valence electrons. The van der Waals surface area contributed by atoms with E-state index in [1.54, 1.807) is 12.1 Å². The van der Waals surface area contributed by atoms with E-state index in [1.165, 1.54) is 12.1 Å². The second-order valence-electron chi connectivity index (χ2n) is 2.16. The third kappa shape index (κ3) is 1.60. The van der Waals surface area contributed by atoms with Crippen molar-refractivity contribution in [1.82, 2.24) is 0 Å². The van der Waals surface area contributed by atoms with Crippen LogP contribution in [0.5, 0.6) is 0 Å². The van der Waals surface area contributed by atoms with E-state index in [-0.39, 0.29) is 11.1 Å². The van der Waals surface area contributed by atoms with E-state index in [0.717, 1.165) is 0 Å². The number of benzene rings is 1. The van der Waals surface area contributed by atoms with Gasteiger partial charge in [-0.3, -0.25) is 0 Å². The fourth-order valence-electron chi connectivity index (χ4n) is 0.856. The average Bonchev–Trinajstić information content (AvgIpc) is 2.04. The van der Waals surface area contributed by atoms with E-state index in [9.17, 15) is 4.79 Å². The largest absolute Gasteiger partial charge is 0.499 e. The SMILES string of the molecule is O=C(O)c1ccccc1C(O)=S. The maximum Gasteiger partial charge on any atom is 0.336 e. The molecule has 3 nitrogen and oxygen atoms in total. The summed E-state index contributed by atoms with van der Waals surface area (Å²) in [4.78, 5) is 10.6. The molecule has 0 amide bonds. The fraction of sp³-hybridized carbons (Fsp3) is 0.